The molecule has 0 spiro atoms. The Bertz CT molecular complexity index is 963. The minimum atomic E-state index is -0.593. The molecule has 0 bridgehead atoms. The van der Waals surface area contributed by atoms with Crippen molar-refractivity contribution in [2.45, 2.75) is 85.1 Å². The van der Waals surface area contributed by atoms with Crippen molar-refractivity contribution < 1.29 is 23.0 Å². The average Bonchev–Trinajstić information content (AvgIpc) is 3.02. The zero-order valence-electron chi connectivity index (χ0n) is 20.3. The van der Waals surface area contributed by atoms with Gasteiger partial charge in [-0.25, -0.2) is 18.3 Å². The van der Waals surface area contributed by atoms with Crippen LogP contribution in [-0.4, -0.2) is 33.4 Å². The summed E-state index contributed by atoms with van der Waals surface area (Å²) >= 11 is 0. The number of rotatable bonds is 7. The van der Waals surface area contributed by atoms with Gasteiger partial charge in [-0.3, -0.25) is 0 Å². The molecule has 0 radical (unpaired) electrons. The van der Waals surface area contributed by atoms with Gasteiger partial charge in [-0.2, -0.15) is 5.10 Å². The summed E-state index contributed by atoms with van der Waals surface area (Å²) in [6.45, 7) is 8.17. The number of ether oxygens (including phenoxy) is 2. The van der Waals surface area contributed by atoms with Crippen LogP contribution >= 0.6 is 0 Å². The quantitative estimate of drug-likeness (QED) is 0.506. The van der Waals surface area contributed by atoms with Crippen molar-refractivity contribution in [3.63, 3.8) is 0 Å². The van der Waals surface area contributed by atoms with E-state index in [4.69, 9.17) is 14.6 Å². The van der Waals surface area contributed by atoms with E-state index in [9.17, 15) is 13.6 Å². The van der Waals surface area contributed by atoms with E-state index in [0.29, 0.717) is 24.0 Å². The summed E-state index contributed by atoms with van der Waals surface area (Å²) in [5, 5.41) is 4.75. The van der Waals surface area contributed by atoms with Crippen LogP contribution in [0.25, 0.3) is 0 Å². The average molecular weight is 464 g/mol. The van der Waals surface area contributed by atoms with Crippen LogP contribution in [0.4, 0.5) is 13.6 Å². The minimum Gasteiger partial charge on any atom is -0.473 e. The van der Waals surface area contributed by atoms with Gasteiger partial charge in [0.1, 0.15) is 23.8 Å². The zero-order valence-corrected chi connectivity index (χ0v) is 20.3. The molecule has 2 aromatic rings. The van der Waals surface area contributed by atoms with Crippen molar-refractivity contribution >= 4 is 6.09 Å². The van der Waals surface area contributed by atoms with Crippen LogP contribution in [0.1, 0.15) is 69.7 Å². The van der Waals surface area contributed by atoms with Gasteiger partial charge >= 0.3 is 6.09 Å². The van der Waals surface area contributed by atoms with Crippen LogP contribution in [-0.2, 0) is 24.4 Å². The van der Waals surface area contributed by atoms with E-state index >= 15 is 0 Å². The monoisotopic (exact) mass is 463 g/mol. The summed E-state index contributed by atoms with van der Waals surface area (Å²) in [4.78, 5) is 13.9. The smallest absolute Gasteiger partial charge is 0.410 e. The standard InChI is InChI=1S/C25H35F2N3O3/c1-17-22(15-29(5)24(31)33-25(2,3)4)28-30(14-18-9-7-6-8-10-18)23(17)32-16-19-13-20(26)11-12-21(19)27/h11-13,18H,6-10,14-16H2,1-5H3. The molecule has 1 aromatic heterocycles. The third-order valence-corrected chi connectivity index (χ3v) is 5.85. The molecule has 0 saturated heterocycles. The molecule has 1 aliphatic rings. The van der Waals surface area contributed by atoms with Gasteiger partial charge in [-0.15, -0.1) is 0 Å². The molecule has 1 fully saturated rings. The molecule has 0 unspecified atom stereocenters. The lowest BCUT2D eigenvalue weighted by Gasteiger charge is -2.24. The van der Waals surface area contributed by atoms with Gasteiger partial charge in [0.25, 0.3) is 0 Å². The summed E-state index contributed by atoms with van der Waals surface area (Å²) in [6.07, 6.45) is 5.47. The molecule has 0 aliphatic heterocycles. The van der Waals surface area contributed by atoms with Gasteiger partial charge in [0, 0.05) is 24.7 Å². The van der Waals surface area contributed by atoms with Crippen LogP contribution < -0.4 is 4.74 Å². The predicted molar refractivity (Wildman–Crippen MR) is 122 cm³/mol. The Labute approximate surface area is 194 Å². The Kier molecular flexibility index (Phi) is 7.97. The highest BCUT2D eigenvalue weighted by Crippen LogP contribution is 2.30. The molecule has 1 amide bonds. The lowest BCUT2D eigenvalue weighted by atomic mass is 9.89. The molecule has 1 aliphatic carbocycles. The van der Waals surface area contributed by atoms with Crippen molar-refractivity contribution in [3.05, 3.63) is 46.7 Å². The van der Waals surface area contributed by atoms with E-state index in [-0.39, 0.29) is 18.7 Å². The molecular formula is C25H35F2N3O3. The Morgan fingerprint density at radius 1 is 1.21 bits per heavy atom. The van der Waals surface area contributed by atoms with E-state index in [2.05, 4.69) is 0 Å². The highest BCUT2D eigenvalue weighted by Gasteiger charge is 2.25. The normalized spacial score (nSPS) is 14.9. The first-order valence-corrected chi connectivity index (χ1v) is 11.6. The first-order valence-electron chi connectivity index (χ1n) is 11.6. The maximum absolute atomic E-state index is 14.1. The molecule has 3 rings (SSSR count). The number of aromatic nitrogens is 2. The SMILES string of the molecule is Cc1c(CN(C)C(=O)OC(C)(C)C)nn(CC2CCCCC2)c1OCc1cc(F)ccc1F. The molecule has 8 heteroatoms. The fourth-order valence-electron chi connectivity index (χ4n) is 4.08. The first kappa shape index (κ1) is 25.0. The number of carbonyl (C=O) groups is 1. The van der Waals surface area contributed by atoms with Gasteiger partial charge in [0.2, 0.25) is 5.88 Å². The Balaban J connectivity index is 1.81. The lowest BCUT2D eigenvalue weighted by Crippen LogP contribution is -2.34. The highest BCUT2D eigenvalue weighted by molar-refractivity contribution is 5.67. The van der Waals surface area contributed by atoms with Crippen molar-refractivity contribution in [2.75, 3.05) is 7.05 Å². The third-order valence-electron chi connectivity index (χ3n) is 5.85. The van der Waals surface area contributed by atoms with Crippen molar-refractivity contribution in [3.8, 4) is 5.88 Å². The molecule has 0 atom stereocenters. The van der Waals surface area contributed by atoms with Gasteiger partial charge in [0.15, 0.2) is 0 Å². The third kappa shape index (κ3) is 6.92. The number of hydrogen-bond donors (Lipinski definition) is 0. The van der Waals surface area contributed by atoms with Crippen LogP contribution in [0.15, 0.2) is 18.2 Å². The fourth-order valence-corrected chi connectivity index (χ4v) is 4.08. The summed E-state index contributed by atoms with van der Waals surface area (Å²) in [7, 11) is 1.66. The Morgan fingerprint density at radius 2 is 1.91 bits per heavy atom. The van der Waals surface area contributed by atoms with Crippen molar-refractivity contribution in [1.29, 1.82) is 0 Å². The number of carbonyl (C=O) groups excluding carboxylic acids is 1. The second-order valence-corrected chi connectivity index (χ2v) is 9.92. The lowest BCUT2D eigenvalue weighted by molar-refractivity contribution is 0.0282. The molecule has 182 valence electrons. The van der Waals surface area contributed by atoms with Gasteiger partial charge in [-0.1, -0.05) is 19.3 Å². The van der Waals surface area contributed by atoms with Crippen molar-refractivity contribution in [2.24, 2.45) is 5.92 Å². The zero-order chi connectivity index (χ0) is 24.2. The Hall–Kier alpha value is -2.64. The number of halogens is 2. The first-order chi connectivity index (χ1) is 15.5. The molecule has 1 aromatic carbocycles. The summed E-state index contributed by atoms with van der Waals surface area (Å²) in [5.74, 6) is -0.0149. The molecule has 1 heterocycles. The summed E-state index contributed by atoms with van der Waals surface area (Å²) in [6, 6.07) is 3.33. The van der Waals surface area contributed by atoms with Crippen LogP contribution in [0, 0.1) is 24.5 Å². The molecule has 1 saturated carbocycles. The number of hydrogen-bond acceptors (Lipinski definition) is 4. The van der Waals surface area contributed by atoms with E-state index in [0.717, 1.165) is 36.6 Å². The minimum absolute atomic E-state index is 0.109. The molecule has 33 heavy (non-hydrogen) atoms. The van der Waals surface area contributed by atoms with Gasteiger partial charge in [0.05, 0.1) is 12.2 Å². The largest absolute Gasteiger partial charge is 0.473 e. The number of benzene rings is 1. The summed E-state index contributed by atoms with van der Waals surface area (Å²) < 4.78 is 41.0. The maximum atomic E-state index is 14.1. The maximum Gasteiger partial charge on any atom is 0.410 e. The van der Waals surface area contributed by atoms with E-state index in [1.165, 1.54) is 24.2 Å². The van der Waals surface area contributed by atoms with Crippen molar-refractivity contribution in [1.82, 2.24) is 14.7 Å². The Morgan fingerprint density at radius 3 is 2.58 bits per heavy atom. The van der Waals surface area contributed by atoms with E-state index < -0.39 is 23.3 Å². The fraction of sp³-hybridized carbons (Fsp3) is 0.600. The highest BCUT2D eigenvalue weighted by atomic mass is 19.1. The molecule has 6 nitrogen and oxygen atoms in total. The van der Waals surface area contributed by atoms with E-state index in [1.807, 2.05) is 32.4 Å². The van der Waals surface area contributed by atoms with Gasteiger partial charge < -0.3 is 14.4 Å². The second kappa shape index (κ2) is 10.5. The predicted octanol–water partition coefficient (Wildman–Crippen LogP) is 6.00. The summed E-state index contributed by atoms with van der Waals surface area (Å²) in [5.41, 5.74) is 1.02. The number of amides is 1. The van der Waals surface area contributed by atoms with Crippen LogP contribution in [0.2, 0.25) is 0 Å². The molecular weight excluding hydrogens is 428 g/mol. The molecule has 0 N–H and O–H groups in total. The number of nitrogens with zero attached hydrogens (tertiary/aromatic N) is 3. The van der Waals surface area contributed by atoms with Gasteiger partial charge in [-0.05, 0) is 64.7 Å². The topological polar surface area (TPSA) is 56.6 Å². The second-order valence-electron chi connectivity index (χ2n) is 9.92. The van der Waals surface area contributed by atoms with Crippen LogP contribution in [0.5, 0.6) is 5.88 Å². The van der Waals surface area contributed by atoms with Crippen LogP contribution in [0.3, 0.4) is 0 Å². The van der Waals surface area contributed by atoms with E-state index in [1.54, 1.807) is 7.05 Å².